The fourth-order valence-corrected chi connectivity index (χ4v) is 0.837. The summed E-state index contributed by atoms with van der Waals surface area (Å²) >= 11 is 8.18. The SMILES string of the molecule is Fc1cnc(Br)nc1Cl. The third-order valence-corrected chi connectivity index (χ3v) is 1.32. The zero-order chi connectivity index (χ0) is 6.85. The standard InChI is InChI=1S/C4HBrClFN2/c5-4-8-1-2(7)3(6)9-4/h1H. The van der Waals surface area contributed by atoms with Gasteiger partial charge in [0, 0.05) is 0 Å². The second kappa shape index (κ2) is 2.58. The summed E-state index contributed by atoms with van der Waals surface area (Å²) in [7, 11) is 0. The van der Waals surface area contributed by atoms with Crippen molar-refractivity contribution in [1.82, 2.24) is 9.97 Å². The molecule has 1 heterocycles. The van der Waals surface area contributed by atoms with Crippen molar-refractivity contribution in [2.24, 2.45) is 0 Å². The van der Waals surface area contributed by atoms with Crippen LogP contribution in [0.25, 0.3) is 0 Å². The van der Waals surface area contributed by atoms with Crippen LogP contribution in [0.5, 0.6) is 0 Å². The molecule has 0 aliphatic heterocycles. The van der Waals surface area contributed by atoms with E-state index in [0.29, 0.717) is 0 Å². The zero-order valence-electron chi connectivity index (χ0n) is 4.11. The molecule has 1 aromatic heterocycles. The Bertz CT molecular complexity index is 230. The molecule has 0 aliphatic rings. The Balaban J connectivity index is 3.17. The van der Waals surface area contributed by atoms with E-state index in [1.807, 2.05) is 0 Å². The summed E-state index contributed by atoms with van der Waals surface area (Å²) in [6.45, 7) is 0. The highest BCUT2D eigenvalue weighted by Crippen LogP contribution is 2.11. The highest BCUT2D eigenvalue weighted by molar-refractivity contribution is 9.10. The van der Waals surface area contributed by atoms with E-state index >= 15 is 0 Å². The molecular weight excluding hydrogens is 210 g/mol. The zero-order valence-corrected chi connectivity index (χ0v) is 6.45. The molecule has 0 N–H and O–H groups in total. The second-order valence-corrected chi connectivity index (χ2v) is 2.35. The van der Waals surface area contributed by atoms with Gasteiger partial charge in [0.05, 0.1) is 6.20 Å². The number of aromatic nitrogens is 2. The maximum atomic E-state index is 12.2. The summed E-state index contributed by atoms with van der Waals surface area (Å²) in [6.07, 6.45) is 0.999. The number of hydrogen-bond donors (Lipinski definition) is 0. The van der Waals surface area contributed by atoms with Gasteiger partial charge in [0.25, 0.3) is 0 Å². The number of nitrogens with zero attached hydrogens (tertiary/aromatic N) is 2. The van der Waals surface area contributed by atoms with Gasteiger partial charge in [-0.15, -0.1) is 0 Å². The Hall–Kier alpha value is -0.220. The van der Waals surface area contributed by atoms with E-state index in [-0.39, 0.29) is 9.89 Å². The van der Waals surface area contributed by atoms with Gasteiger partial charge >= 0.3 is 0 Å². The number of hydrogen-bond acceptors (Lipinski definition) is 2. The summed E-state index contributed by atoms with van der Waals surface area (Å²) < 4.78 is 12.5. The maximum Gasteiger partial charge on any atom is 0.198 e. The van der Waals surface area contributed by atoms with Crippen LogP contribution < -0.4 is 0 Å². The summed E-state index contributed by atoms with van der Waals surface area (Å²) in [5.74, 6) is -0.611. The Morgan fingerprint density at radius 1 is 1.67 bits per heavy atom. The van der Waals surface area contributed by atoms with Crippen molar-refractivity contribution in [2.75, 3.05) is 0 Å². The van der Waals surface area contributed by atoms with Crippen LogP contribution in [0.1, 0.15) is 0 Å². The molecule has 0 unspecified atom stereocenters. The Kier molecular flexibility index (Phi) is 1.97. The van der Waals surface area contributed by atoms with Crippen LogP contribution in [0.3, 0.4) is 0 Å². The molecule has 48 valence electrons. The van der Waals surface area contributed by atoms with Gasteiger partial charge in [-0.1, -0.05) is 11.6 Å². The predicted molar refractivity (Wildman–Crippen MR) is 34.7 cm³/mol. The largest absolute Gasteiger partial charge is 0.228 e. The van der Waals surface area contributed by atoms with E-state index in [9.17, 15) is 4.39 Å². The van der Waals surface area contributed by atoms with Crippen LogP contribution in [0, 0.1) is 5.82 Å². The van der Waals surface area contributed by atoms with E-state index in [4.69, 9.17) is 11.6 Å². The highest BCUT2D eigenvalue weighted by atomic mass is 79.9. The van der Waals surface area contributed by atoms with Gasteiger partial charge in [-0.05, 0) is 15.9 Å². The van der Waals surface area contributed by atoms with Gasteiger partial charge in [-0.2, -0.15) is 0 Å². The van der Waals surface area contributed by atoms with Gasteiger partial charge in [-0.3, -0.25) is 0 Å². The minimum atomic E-state index is -0.611. The van der Waals surface area contributed by atoms with Crippen molar-refractivity contribution in [3.05, 3.63) is 21.9 Å². The van der Waals surface area contributed by atoms with Crippen molar-refractivity contribution >= 4 is 27.5 Å². The first-order chi connectivity index (χ1) is 4.20. The molecular formula is C4HBrClFN2. The summed E-state index contributed by atoms with van der Waals surface area (Å²) in [5.41, 5.74) is 0. The number of rotatable bonds is 0. The maximum absolute atomic E-state index is 12.2. The summed E-state index contributed by atoms with van der Waals surface area (Å²) in [6, 6.07) is 0. The van der Waals surface area contributed by atoms with Crippen LogP contribution in [0.2, 0.25) is 5.15 Å². The van der Waals surface area contributed by atoms with Crippen LogP contribution in [-0.2, 0) is 0 Å². The lowest BCUT2D eigenvalue weighted by molar-refractivity contribution is 0.612. The molecule has 0 aliphatic carbocycles. The molecule has 0 bridgehead atoms. The van der Waals surface area contributed by atoms with Crippen molar-refractivity contribution in [3.8, 4) is 0 Å². The van der Waals surface area contributed by atoms with E-state index in [1.54, 1.807) is 0 Å². The lowest BCUT2D eigenvalue weighted by Crippen LogP contribution is -1.85. The van der Waals surface area contributed by atoms with Crippen molar-refractivity contribution in [3.63, 3.8) is 0 Å². The van der Waals surface area contributed by atoms with Crippen LogP contribution in [-0.4, -0.2) is 9.97 Å². The fraction of sp³-hybridized carbons (Fsp3) is 0. The first-order valence-electron chi connectivity index (χ1n) is 2.03. The molecule has 1 rings (SSSR count). The van der Waals surface area contributed by atoms with Gasteiger partial charge in [-0.25, -0.2) is 14.4 Å². The van der Waals surface area contributed by atoms with Crippen LogP contribution in [0.15, 0.2) is 10.9 Å². The van der Waals surface area contributed by atoms with Gasteiger partial charge < -0.3 is 0 Å². The third kappa shape index (κ3) is 1.59. The summed E-state index contributed by atoms with van der Waals surface area (Å²) in [4.78, 5) is 6.95. The molecule has 0 atom stereocenters. The smallest absolute Gasteiger partial charge is 0.198 e. The molecule has 0 saturated carbocycles. The monoisotopic (exact) mass is 210 g/mol. The van der Waals surface area contributed by atoms with Crippen LogP contribution >= 0.6 is 27.5 Å². The minimum absolute atomic E-state index is 0.170. The van der Waals surface area contributed by atoms with Crippen molar-refractivity contribution in [2.45, 2.75) is 0 Å². The predicted octanol–water partition coefficient (Wildman–Crippen LogP) is 2.03. The van der Waals surface area contributed by atoms with Gasteiger partial charge in [0.15, 0.2) is 15.7 Å². The van der Waals surface area contributed by atoms with E-state index in [0.717, 1.165) is 6.20 Å². The first-order valence-corrected chi connectivity index (χ1v) is 3.21. The van der Waals surface area contributed by atoms with Gasteiger partial charge in [0.2, 0.25) is 0 Å². The molecule has 0 aromatic carbocycles. The topological polar surface area (TPSA) is 25.8 Å². The van der Waals surface area contributed by atoms with Crippen LogP contribution in [0.4, 0.5) is 4.39 Å². The van der Waals surface area contributed by atoms with Crippen molar-refractivity contribution in [1.29, 1.82) is 0 Å². The summed E-state index contributed by atoms with van der Waals surface area (Å²) in [5, 5.41) is -0.170. The quantitative estimate of drug-likeness (QED) is 0.485. The molecule has 2 nitrogen and oxygen atoms in total. The molecule has 0 saturated heterocycles. The molecule has 0 fully saturated rings. The fourth-order valence-electron chi connectivity index (χ4n) is 0.326. The Morgan fingerprint density at radius 3 is 2.78 bits per heavy atom. The normalized spacial score (nSPS) is 9.67. The van der Waals surface area contributed by atoms with E-state index < -0.39 is 5.82 Å². The average molecular weight is 211 g/mol. The molecule has 5 heteroatoms. The van der Waals surface area contributed by atoms with E-state index in [2.05, 4.69) is 25.9 Å². The molecule has 0 radical (unpaired) electrons. The Labute approximate surface area is 64.2 Å². The lowest BCUT2D eigenvalue weighted by atomic mass is 10.6. The second-order valence-electron chi connectivity index (χ2n) is 1.28. The van der Waals surface area contributed by atoms with Crippen molar-refractivity contribution < 1.29 is 4.39 Å². The third-order valence-electron chi connectivity index (χ3n) is 0.672. The van der Waals surface area contributed by atoms with E-state index in [1.165, 1.54) is 0 Å². The first kappa shape index (κ1) is 6.89. The molecule has 1 aromatic rings. The molecule has 9 heavy (non-hydrogen) atoms. The average Bonchev–Trinajstić information content (AvgIpc) is 1.80. The highest BCUT2D eigenvalue weighted by Gasteiger charge is 1.99. The molecule has 0 amide bonds. The Morgan fingerprint density at radius 2 is 2.33 bits per heavy atom. The molecule has 0 spiro atoms. The lowest BCUT2D eigenvalue weighted by Gasteiger charge is -1.89. The van der Waals surface area contributed by atoms with Gasteiger partial charge in [0.1, 0.15) is 0 Å². The number of halogens is 3. The minimum Gasteiger partial charge on any atom is -0.228 e.